The van der Waals surface area contributed by atoms with Crippen LogP contribution in [0.3, 0.4) is 0 Å². The Labute approximate surface area is 142 Å². The summed E-state index contributed by atoms with van der Waals surface area (Å²) in [5.74, 6) is 1.77. The van der Waals surface area contributed by atoms with Gasteiger partial charge in [-0.2, -0.15) is 0 Å². The van der Waals surface area contributed by atoms with Gasteiger partial charge in [0.25, 0.3) is 5.91 Å². The molecule has 0 saturated carbocycles. The maximum atomic E-state index is 12.8. The molecule has 0 spiro atoms. The van der Waals surface area contributed by atoms with Gasteiger partial charge in [-0.05, 0) is 25.1 Å². The van der Waals surface area contributed by atoms with Crippen molar-refractivity contribution in [2.24, 2.45) is 0 Å². The summed E-state index contributed by atoms with van der Waals surface area (Å²) in [6.07, 6.45) is 0. The molecule has 0 bridgehead atoms. The number of nitrogens with zero attached hydrogens (tertiary/aromatic N) is 1. The molecule has 0 aromatic heterocycles. The topological polar surface area (TPSA) is 48.0 Å². The van der Waals surface area contributed by atoms with Gasteiger partial charge in [-0.3, -0.25) is 4.79 Å². The van der Waals surface area contributed by atoms with Gasteiger partial charge in [0.1, 0.15) is 17.2 Å². The number of hydrogen-bond acceptors (Lipinski definition) is 4. The predicted molar refractivity (Wildman–Crippen MR) is 93.1 cm³/mol. The quantitative estimate of drug-likeness (QED) is 0.816. The Morgan fingerprint density at radius 2 is 1.67 bits per heavy atom. The Balaban J connectivity index is 2.26. The lowest BCUT2D eigenvalue weighted by molar-refractivity contribution is 0.0780. The molecule has 0 fully saturated rings. The van der Waals surface area contributed by atoms with Crippen LogP contribution in [0.5, 0.6) is 17.2 Å². The number of aryl methyl sites for hydroxylation is 1. The highest BCUT2D eigenvalue weighted by molar-refractivity contribution is 5.97. The summed E-state index contributed by atoms with van der Waals surface area (Å²) in [4.78, 5) is 14.4. The van der Waals surface area contributed by atoms with Gasteiger partial charge in [-0.15, -0.1) is 0 Å². The first-order chi connectivity index (χ1) is 11.5. The maximum Gasteiger partial charge on any atom is 0.257 e. The van der Waals surface area contributed by atoms with Crippen LogP contribution < -0.4 is 14.2 Å². The molecule has 0 aliphatic rings. The van der Waals surface area contributed by atoms with E-state index in [1.54, 1.807) is 44.4 Å². The summed E-state index contributed by atoms with van der Waals surface area (Å²) in [6, 6.07) is 11.1. The molecular weight excluding hydrogens is 306 g/mol. The number of benzene rings is 2. The smallest absolute Gasteiger partial charge is 0.257 e. The van der Waals surface area contributed by atoms with Crippen LogP contribution in [0, 0.1) is 6.92 Å². The van der Waals surface area contributed by atoms with E-state index in [-0.39, 0.29) is 5.91 Å². The SMILES string of the molecule is COc1ccc(C(=O)N(C)Cc2cc(C)ccc2OC)c(OC)c1. The molecule has 2 aromatic carbocycles. The molecule has 24 heavy (non-hydrogen) atoms. The molecule has 0 N–H and O–H groups in total. The molecule has 1 amide bonds. The van der Waals surface area contributed by atoms with Crippen LogP contribution in [0.4, 0.5) is 0 Å². The zero-order valence-electron chi connectivity index (χ0n) is 14.8. The van der Waals surface area contributed by atoms with E-state index in [2.05, 4.69) is 0 Å². The van der Waals surface area contributed by atoms with Crippen molar-refractivity contribution in [1.29, 1.82) is 0 Å². The fourth-order valence-electron chi connectivity index (χ4n) is 2.54. The zero-order chi connectivity index (χ0) is 17.7. The predicted octanol–water partition coefficient (Wildman–Crippen LogP) is 3.29. The third kappa shape index (κ3) is 3.79. The van der Waals surface area contributed by atoms with Crippen LogP contribution >= 0.6 is 0 Å². The molecule has 0 atom stereocenters. The molecule has 0 aliphatic carbocycles. The van der Waals surface area contributed by atoms with Crippen molar-refractivity contribution in [3.8, 4) is 17.2 Å². The first-order valence-corrected chi connectivity index (χ1v) is 7.61. The average Bonchev–Trinajstić information content (AvgIpc) is 2.60. The van der Waals surface area contributed by atoms with E-state index in [1.165, 1.54) is 7.11 Å². The number of ether oxygens (including phenoxy) is 3. The average molecular weight is 329 g/mol. The molecule has 5 heteroatoms. The Kier molecular flexibility index (Phi) is 5.68. The molecule has 0 heterocycles. The van der Waals surface area contributed by atoms with Crippen LogP contribution in [0.15, 0.2) is 36.4 Å². The molecule has 128 valence electrons. The first-order valence-electron chi connectivity index (χ1n) is 7.61. The fourth-order valence-corrected chi connectivity index (χ4v) is 2.54. The Hall–Kier alpha value is -2.69. The van der Waals surface area contributed by atoms with Crippen molar-refractivity contribution in [2.75, 3.05) is 28.4 Å². The monoisotopic (exact) mass is 329 g/mol. The van der Waals surface area contributed by atoms with Crippen LogP contribution in [0.25, 0.3) is 0 Å². The minimum atomic E-state index is -0.127. The number of methoxy groups -OCH3 is 3. The van der Waals surface area contributed by atoms with E-state index in [9.17, 15) is 4.79 Å². The third-order valence-electron chi connectivity index (χ3n) is 3.83. The molecule has 2 aromatic rings. The molecule has 5 nitrogen and oxygen atoms in total. The lowest BCUT2D eigenvalue weighted by atomic mass is 10.1. The standard InChI is InChI=1S/C19H23NO4/c1-13-6-9-17(23-4)14(10-13)12-20(2)19(21)16-8-7-15(22-3)11-18(16)24-5/h6-11H,12H2,1-5H3. The van der Waals surface area contributed by atoms with Crippen molar-refractivity contribution in [1.82, 2.24) is 4.90 Å². The summed E-state index contributed by atoms with van der Waals surface area (Å²) in [5, 5.41) is 0. The van der Waals surface area contributed by atoms with E-state index in [1.807, 2.05) is 25.1 Å². The maximum absolute atomic E-state index is 12.8. The number of hydrogen-bond donors (Lipinski definition) is 0. The third-order valence-corrected chi connectivity index (χ3v) is 3.83. The zero-order valence-corrected chi connectivity index (χ0v) is 14.8. The van der Waals surface area contributed by atoms with Crippen molar-refractivity contribution in [2.45, 2.75) is 13.5 Å². The summed E-state index contributed by atoms with van der Waals surface area (Å²) in [6.45, 7) is 2.45. The lowest BCUT2D eigenvalue weighted by Crippen LogP contribution is -2.26. The normalized spacial score (nSPS) is 10.2. The van der Waals surface area contributed by atoms with Gasteiger partial charge in [-0.25, -0.2) is 0 Å². The summed E-state index contributed by atoms with van der Waals surface area (Å²) < 4.78 is 15.9. The highest BCUT2D eigenvalue weighted by Crippen LogP contribution is 2.27. The van der Waals surface area contributed by atoms with Gasteiger partial charge < -0.3 is 19.1 Å². The van der Waals surface area contributed by atoms with E-state index >= 15 is 0 Å². The second-order valence-electron chi connectivity index (χ2n) is 5.54. The minimum absolute atomic E-state index is 0.127. The van der Waals surface area contributed by atoms with Gasteiger partial charge in [0.15, 0.2) is 0 Å². The van der Waals surface area contributed by atoms with Gasteiger partial charge in [0.2, 0.25) is 0 Å². The number of carbonyl (C=O) groups is 1. The molecule has 0 radical (unpaired) electrons. The van der Waals surface area contributed by atoms with Crippen LogP contribution in [0.1, 0.15) is 21.5 Å². The van der Waals surface area contributed by atoms with Crippen molar-refractivity contribution in [3.63, 3.8) is 0 Å². The summed E-state index contributed by atoms with van der Waals surface area (Å²) in [5.41, 5.74) is 2.57. The molecule has 0 aliphatic heterocycles. The molecule has 0 unspecified atom stereocenters. The van der Waals surface area contributed by atoms with E-state index < -0.39 is 0 Å². The highest BCUT2D eigenvalue weighted by atomic mass is 16.5. The Morgan fingerprint density at radius 3 is 2.29 bits per heavy atom. The minimum Gasteiger partial charge on any atom is -0.497 e. The second-order valence-corrected chi connectivity index (χ2v) is 5.54. The Morgan fingerprint density at radius 1 is 0.958 bits per heavy atom. The van der Waals surface area contributed by atoms with Crippen molar-refractivity contribution in [3.05, 3.63) is 53.1 Å². The molecular formula is C19H23NO4. The number of amides is 1. The molecule has 0 saturated heterocycles. The van der Waals surface area contributed by atoms with Gasteiger partial charge in [0, 0.05) is 25.2 Å². The van der Waals surface area contributed by atoms with E-state index in [4.69, 9.17) is 14.2 Å². The molecule has 2 rings (SSSR count). The van der Waals surface area contributed by atoms with Crippen molar-refractivity contribution >= 4 is 5.91 Å². The second kappa shape index (κ2) is 7.73. The first kappa shape index (κ1) is 17.7. The van der Waals surface area contributed by atoms with E-state index in [0.717, 1.165) is 16.9 Å². The number of carbonyl (C=O) groups excluding carboxylic acids is 1. The number of rotatable bonds is 6. The van der Waals surface area contributed by atoms with E-state index in [0.29, 0.717) is 23.6 Å². The highest BCUT2D eigenvalue weighted by Gasteiger charge is 2.18. The lowest BCUT2D eigenvalue weighted by Gasteiger charge is -2.20. The Bertz CT molecular complexity index is 727. The van der Waals surface area contributed by atoms with Gasteiger partial charge in [-0.1, -0.05) is 17.7 Å². The van der Waals surface area contributed by atoms with Crippen LogP contribution in [-0.4, -0.2) is 39.2 Å². The summed E-state index contributed by atoms with van der Waals surface area (Å²) in [7, 11) is 6.50. The fraction of sp³-hybridized carbons (Fsp3) is 0.316. The van der Waals surface area contributed by atoms with Gasteiger partial charge in [0.05, 0.1) is 26.9 Å². The van der Waals surface area contributed by atoms with Gasteiger partial charge >= 0.3 is 0 Å². The van der Waals surface area contributed by atoms with Crippen molar-refractivity contribution < 1.29 is 19.0 Å². The van der Waals surface area contributed by atoms with Crippen LogP contribution in [0.2, 0.25) is 0 Å². The summed E-state index contributed by atoms with van der Waals surface area (Å²) >= 11 is 0. The van der Waals surface area contributed by atoms with Crippen LogP contribution in [-0.2, 0) is 6.54 Å². The largest absolute Gasteiger partial charge is 0.497 e.